The lowest BCUT2D eigenvalue weighted by Crippen LogP contribution is -2.43. The predicted octanol–water partition coefficient (Wildman–Crippen LogP) is 5.15. The minimum atomic E-state index is -1.06. The summed E-state index contributed by atoms with van der Waals surface area (Å²) in [5, 5.41) is 10.8. The quantitative estimate of drug-likeness (QED) is 0.414. The number of likely N-dealkylation sites (tertiary alicyclic amines) is 1. The molecule has 3 aromatic rings. The van der Waals surface area contributed by atoms with Gasteiger partial charge in [-0.3, -0.25) is 9.97 Å². The van der Waals surface area contributed by atoms with Gasteiger partial charge in [0, 0.05) is 54.3 Å². The fraction of sp³-hybridized carbons (Fsp3) is 0.462. The zero-order valence-electron chi connectivity index (χ0n) is 19.1. The number of hydrogen-bond acceptors (Lipinski definition) is 6. The average molecular weight is 470 g/mol. The maximum absolute atomic E-state index is 15.3. The van der Waals surface area contributed by atoms with E-state index in [1.165, 1.54) is 4.90 Å². The van der Waals surface area contributed by atoms with Gasteiger partial charge in [0.05, 0.1) is 12.6 Å². The van der Waals surface area contributed by atoms with Crippen molar-refractivity contribution in [3.05, 3.63) is 60.6 Å². The largest absolute Gasteiger partial charge is 0.497 e. The Balaban J connectivity index is 1.30. The lowest BCUT2D eigenvalue weighted by molar-refractivity contribution is 0.0672. The highest BCUT2D eigenvalue weighted by Gasteiger charge is 2.29. The summed E-state index contributed by atoms with van der Waals surface area (Å²) in [5.41, 5.74) is 1.45. The van der Waals surface area contributed by atoms with Crippen molar-refractivity contribution >= 4 is 22.7 Å². The first-order valence-corrected chi connectivity index (χ1v) is 12.6. The van der Waals surface area contributed by atoms with E-state index < -0.39 is 6.17 Å². The molecule has 0 aliphatic carbocycles. The van der Waals surface area contributed by atoms with E-state index in [0.29, 0.717) is 23.7 Å². The number of ether oxygens (including phenoxy) is 1. The number of methoxy groups -OCH3 is 1. The van der Waals surface area contributed by atoms with Crippen LogP contribution in [0.4, 0.5) is 4.39 Å². The van der Waals surface area contributed by atoms with Crippen LogP contribution in [0.5, 0.6) is 5.75 Å². The maximum Gasteiger partial charge on any atom is 0.126 e. The highest BCUT2D eigenvalue weighted by Crippen LogP contribution is 2.35. The van der Waals surface area contributed by atoms with Crippen molar-refractivity contribution in [1.82, 2.24) is 14.9 Å². The Morgan fingerprint density at radius 3 is 2.82 bits per heavy atom. The molecule has 5 nitrogen and oxygen atoms in total. The van der Waals surface area contributed by atoms with Crippen LogP contribution in [0.3, 0.4) is 0 Å². The number of fused-ring (bicyclic) bond motifs is 1. The van der Waals surface area contributed by atoms with Crippen LogP contribution in [0.1, 0.15) is 31.0 Å². The van der Waals surface area contributed by atoms with Crippen LogP contribution in [-0.2, 0) is 0 Å². The standard InChI is InChI=1S/C26H32FN3O2S/c1-32-21-3-5-26-24(16-21)23(8-12-29-26)25(27)4-2-19-9-13-30(17-20(19)18-31)14-15-33-22-6-10-28-11-7-22/h3,5-8,10-12,16,19-20,25,31H,2,4,9,13-15,17-18H2,1H3/t19-,20-,25?/m1/s1. The van der Waals surface area contributed by atoms with Crippen LogP contribution in [0.25, 0.3) is 10.9 Å². The summed E-state index contributed by atoms with van der Waals surface area (Å²) in [5.74, 6) is 2.27. The number of hydrogen-bond donors (Lipinski definition) is 1. The van der Waals surface area contributed by atoms with E-state index in [1.807, 2.05) is 54.5 Å². The maximum atomic E-state index is 15.3. The van der Waals surface area contributed by atoms with Crippen LogP contribution in [0.15, 0.2) is 59.9 Å². The Morgan fingerprint density at radius 1 is 1.18 bits per heavy atom. The molecule has 4 rings (SSSR count). The zero-order chi connectivity index (χ0) is 23.0. The lowest BCUT2D eigenvalue weighted by Gasteiger charge is -2.38. The molecule has 0 saturated carbocycles. The molecule has 7 heteroatoms. The summed E-state index contributed by atoms with van der Waals surface area (Å²) in [6.07, 6.45) is 6.49. The molecular formula is C26H32FN3O2S. The second-order valence-electron chi connectivity index (χ2n) is 8.65. The number of thioether (sulfide) groups is 1. The van der Waals surface area contributed by atoms with Crippen molar-refractivity contribution < 1.29 is 14.2 Å². The molecule has 1 fully saturated rings. The van der Waals surface area contributed by atoms with Crippen molar-refractivity contribution in [3.8, 4) is 5.75 Å². The number of halogens is 1. The SMILES string of the molecule is COc1ccc2nccc(C(F)CC[C@@H]3CCN(CCSc4ccncc4)C[C@@H]3CO)c2c1. The number of aromatic nitrogens is 2. The summed E-state index contributed by atoms with van der Waals surface area (Å²) in [4.78, 5) is 12.1. The van der Waals surface area contributed by atoms with Gasteiger partial charge in [-0.2, -0.15) is 0 Å². The van der Waals surface area contributed by atoms with E-state index in [9.17, 15) is 5.11 Å². The van der Waals surface area contributed by atoms with E-state index >= 15 is 4.39 Å². The van der Waals surface area contributed by atoms with E-state index in [4.69, 9.17) is 4.74 Å². The first-order valence-electron chi connectivity index (χ1n) is 11.6. The third kappa shape index (κ3) is 6.22. The Hall–Kier alpha value is -2.22. The van der Waals surface area contributed by atoms with Gasteiger partial charge < -0.3 is 14.7 Å². The highest BCUT2D eigenvalue weighted by molar-refractivity contribution is 7.99. The molecule has 1 saturated heterocycles. The molecule has 0 radical (unpaired) electrons. The Bertz CT molecular complexity index is 1020. The molecule has 0 spiro atoms. The average Bonchev–Trinajstić information content (AvgIpc) is 2.87. The van der Waals surface area contributed by atoms with Crippen LogP contribution in [0, 0.1) is 11.8 Å². The molecule has 3 atom stereocenters. The minimum Gasteiger partial charge on any atom is -0.497 e. The normalized spacial score (nSPS) is 20.1. The first-order chi connectivity index (χ1) is 16.2. The summed E-state index contributed by atoms with van der Waals surface area (Å²) in [6.45, 7) is 3.03. The number of aliphatic hydroxyl groups is 1. The predicted molar refractivity (Wildman–Crippen MR) is 131 cm³/mol. The first kappa shape index (κ1) is 23.9. The van der Waals surface area contributed by atoms with E-state index in [1.54, 1.807) is 19.4 Å². The van der Waals surface area contributed by atoms with Gasteiger partial charge in [-0.15, -0.1) is 11.8 Å². The third-order valence-corrected chi connectivity index (χ3v) is 7.64. The molecule has 176 valence electrons. The van der Waals surface area contributed by atoms with E-state index in [-0.39, 0.29) is 12.5 Å². The number of pyridine rings is 2. The van der Waals surface area contributed by atoms with Crippen LogP contribution in [-0.4, -0.2) is 59.1 Å². The van der Waals surface area contributed by atoms with E-state index in [2.05, 4.69) is 14.9 Å². The second kappa shape index (κ2) is 11.8. The number of piperidine rings is 1. The lowest BCUT2D eigenvalue weighted by atomic mass is 9.81. The Morgan fingerprint density at radius 2 is 2.03 bits per heavy atom. The van der Waals surface area contributed by atoms with Crippen molar-refractivity contribution in [3.63, 3.8) is 0 Å². The molecule has 1 unspecified atom stereocenters. The molecule has 33 heavy (non-hydrogen) atoms. The fourth-order valence-corrected chi connectivity index (χ4v) is 5.64. The van der Waals surface area contributed by atoms with E-state index in [0.717, 1.165) is 49.1 Å². The van der Waals surface area contributed by atoms with Crippen LogP contribution in [0.2, 0.25) is 0 Å². The molecule has 0 bridgehead atoms. The van der Waals surface area contributed by atoms with Gasteiger partial charge in [0.15, 0.2) is 0 Å². The van der Waals surface area contributed by atoms with Crippen molar-refractivity contribution in [2.75, 3.05) is 39.1 Å². The topological polar surface area (TPSA) is 58.5 Å². The van der Waals surface area contributed by atoms with Crippen molar-refractivity contribution in [1.29, 1.82) is 0 Å². The van der Waals surface area contributed by atoms with Crippen LogP contribution >= 0.6 is 11.8 Å². The molecule has 1 aliphatic heterocycles. The molecule has 1 N–H and O–H groups in total. The highest BCUT2D eigenvalue weighted by atomic mass is 32.2. The smallest absolute Gasteiger partial charge is 0.126 e. The van der Waals surface area contributed by atoms with Gasteiger partial charge in [-0.25, -0.2) is 4.39 Å². The van der Waals surface area contributed by atoms with Crippen molar-refractivity contribution in [2.24, 2.45) is 11.8 Å². The van der Waals surface area contributed by atoms with Gasteiger partial charge in [0.2, 0.25) is 0 Å². The zero-order valence-corrected chi connectivity index (χ0v) is 19.9. The van der Waals surface area contributed by atoms with Crippen LogP contribution < -0.4 is 4.74 Å². The summed E-state index contributed by atoms with van der Waals surface area (Å²) in [7, 11) is 1.61. The number of nitrogens with zero attached hydrogens (tertiary/aromatic N) is 3. The third-order valence-electron chi connectivity index (χ3n) is 6.65. The fourth-order valence-electron chi connectivity index (χ4n) is 4.74. The molecule has 1 aliphatic rings. The van der Waals surface area contributed by atoms with Gasteiger partial charge in [-0.1, -0.05) is 0 Å². The monoisotopic (exact) mass is 469 g/mol. The number of alkyl halides is 1. The summed E-state index contributed by atoms with van der Waals surface area (Å²) < 4.78 is 20.7. The number of aliphatic hydroxyl groups excluding tert-OH is 1. The minimum absolute atomic E-state index is 0.158. The number of benzene rings is 1. The second-order valence-corrected chi connectivity index (χ2v) is 9.82. The summed E-state index contributed by atoms with van der Waals surface area (Å²) in [6, 6.07) is 11.4. The van der Waals surface area contributed by atoms with Gasteiger partial charge in [0.25, 0.3) is 0 Å². The van der Waals surface area contributed by atoms with Gasteiger partial charge in [-0.05, 0) is 79.6 Å². The molecule has 0 amide bonds. The van der Waals surface area contributed by atoms with Gasteiger partial charge in [0.1, 0.15) is 11.9 Å². The van der Waals surface area contributed by atoms with Gasteiger partial charge >= 0.3 is 0 Å². The number of rotatable bonds is 10. The summed E-state index contributed by atoms with van der Waals surface area (Å²) >= 11 is 1.83. The Labute approximate surface area is 199 Å². The Kier molecular flexibility index (Phi) is 8.53. The molecule has 3 heterocycles. The van der Waals surface area contributed by atoms with Crippen molar-refractivity contribution in [2.45, 2.75) is 30.3 Å². The molecular weight excluding hydrogens is 437 g/mol. The molecule has 2 aromatic heterocycles. The molecule has 1 aromatic carbocycles.